The average molecular weight is 308 g/mol. The SMILES string of the molecule is CCO[Si](OCC)(OCC)C(N)CCCCNCCN. The van der Waals surface area contributed by atoms with Gasteiger partial charge in [0.25, 0.3) is 0 Å². The summed E-state index contributed by atoms with van der Waals surface area (Å²) in [5.41, 5.74) is 11.6. The Labute approximate surface area is 124 Å². The topological polar surface area (TPSA) is 91.8 Å². The van der Waals surface area contributed by atoms with Crippen molar-refractivity contribution in [2.45, 2.75) is 45.7 Å². The molecule has 7 heteroatoms. The zero-order valence-electron chi connectivity index (χ0n) is 13.3. The molecule has 122 valence electrons. The maximum Gasteiger partial charge on any atom is 0.518 e. The fourth-order valence-electron chi connectivity index (χ4n) is 2.07. The van der Waals surface area contributed by atoms with Crippen molar-refractivity contribution < 1.29 is 13.3 Å². The second-order valence-corrected chi connectivity index (χ2v) is 7.36. The standard InChI is InChI=1S/C13H33N3O3Si/c1-4-17-20(18-5-2,19-6-3)13(15)9-7-8-11-16-12-10-14/h13,16H,4-12,14-15H2,1-3H3. The highest BCUT2D eigenvalue weighted by Gasteiger charge is 2.46. The molecule has 0 radical (unpaired) electrons. The Morgan fingerprint density at radius 3 is 1.95 bits per heavy atom. The van der Waals surface area contributed by atoms with Crippen LogP contribution in [0.5, 0.6) is 0 Å². The van der Waals surface area contributed by atoms with Crippen molar-refractivity contribution >= 4 is 8.80 Å². The number of nitrogens with one attached hydrogen (secondary N) is 1. The Morgan fingerprint density at radius 2 is 1.50 bits per heavy atom. The van der Waals surface area contributed by atoms with Crippen LogP contribution in [0.2, 0.25) is 0 Å². The van der Waals surface area contributed by atoms with Crippen molar-refractivity contribution in [2.75, 3.05) is 39.5 Å². The number of hydrogen-bond donors (Lipinski definition) is 3. The summed E-state index contributed by atoms with van der Waals surface area (Å²) in [6.45, 7) is 10.1. The number of nitrogens with two attached hydrogens (primary N) is 2. The van der Waals surface area contributed by atoms with Gasteiger partial charge in [-0.25, -0.2) is 0 Å². The highest BCUT2D eigenvalue weighted by atomic mass is 28.4. The van der Waals surface area contributed by atoms with Crippen LogP contribution in [-0.2, 0) is 13.3 Å². The van der Waals surface area contributed by atoms with Gasteiger partial charge in [0.15, 0.2) is 0 Å². The lowest BCUT2D eigenvalue weighted by molar-refractivity contribution is 0.0610. The third-order valence-electron chi connectivity index (χ3n) is 2.93. The second kappa shape index (κ2) is 12.7. The van der Waals surface area contributed by atoms with E-state index in [2.05, 4.69) is 5.32 Å². The van der Waals surface area contributed by atoms with Gasteiger partial charge in [-0.3, -0.25) is 0 Å². The lowest BCUT2D eigenvalue weighted by Crippen LogP contribution is -2.60. The van der Waals surface area contributed by atoms with Gasteiger partial charge < -0.3 is 30.1 Å². The second-order valence-electron chi connectivity index (χ2n) is 4.54. The van der Waals surface area contributed by atoms with Gasteiger partial charge in [0.05, 0.1) is 5.67 Å². The molecule has 0 aromatic rings. The predicted octanol–water partition coefficient (Wildman–Crippen LogP) is 0.620. The molecular weight excluding hydrogens is 274 g/mol. The molecule has 20 heavy (non-hydrogen) atoms. The van der Waals surface area contributed by atoms with Crippen LogP contribution in [0.3, 0.4) is 0 Å². The summed E-state index contributed by atoms with van der Waals surface area (Å²) in [6, 6.07) is 0. The van der Waals surface area contributed by atoms with Crippen LogP contribution in [-0.4, -0.2) is 53.9 Å². The van der Waals surface area contributed by atoms with Crippen molar-refractivity contribution in [3.63, 3.8) is 0 Å². The molecule has 0 aliphatic rings. The molecule has 0 saturated carbocycles. The largest absolute Gasteiger partial charge is 0.518 e. The van der Waals surface area contributed by atoms with Crippen LogP contribution in [0.1, 0.15) is 40.0 Å². The fraction of sp³-hybridized carbons (Fsp3) is 1.00. The molecule has 6 nitrogen and oxygen atoms in total. The van der Waals surface area contributed by atoms with E-state index in [1.54, 1.807) is 0 Å². The van der Waals surface area contributed by atoms with Gasteiger partial charge >= 0.3 is 8.80 Å². The van der Waals surface area contributed by atoms with Gasteiger partial charge in [-0.15, -0.1) is 0 Å². The Morgan fingerprint density at radius 1 is 0.950 bits per heavy atom. The van der Waals surface area contributed by atoms with Crippen LogP contribution in [0.4, 0.5) is 0 Å². The van der Waals surface area contributed by atoms with Gasteiger partial charge in [0, 0.05) is 32.9 Å². The third kappa shape index (κ3) is 7.68. The van der Waals surface area contributed by atoms with Gasteiger partial charge in [-0.2, -0.15) is 0 Å². The maximum atomic E-state index is 6.30. The molecule has 0 aliphatic carbocycles. The molecule has 0 aromatic heterocycles. The van der Waals surface area contributed by atoms with Crippen molar-refractivity contribution in [2.24, 2.45) is 11.5 Å². The van der Waals surface area contributed by atoms with Crippen molar-refractivity contribution in [3.8, 4) is 0 Å². The normalized spacial score (nSPS) is 13.7. The lowest BCUT2D eigenvalue weighted by Gasteiger charge is -2.33. The van der Waals surface area contributed by atoms with Crippen molar-refractivity contribution in [1.82, 2.24) is 5.32 Å². The number of unbranched alkanes of at least 4 members (excludes halogenated alkanes) is 1. The minimum atomic E-state index is -2.74. The van der Waals surface area contributed by atoms with Gasteiger partial charge in [0.2, 0.25) is 0 Å². The molecule has 0 bridgehead atoms. The van der Waals surface area contributed by atoms with E-state index in [-0.39, 0.29) is 5.67 Å². The zero-order chi connectivity index (χ0) is 15.3. The van der Waals surface area contributed by atoms with E-state index in [1.165, 1.54) is 0 Å². The summed E-state index contributed by atoms with van der Waals surface area (Å²) in [5, 5.41) is 3.27. The molecule has 0 aliphatic heterocycles. The van der Waals surface area contributed by atoms with Gasteiger partial charge in [-0.1, -0.05) is 6.42 Å². The summed E-state index contributed by atoms with van der Waals surface area (Å²) >= 11 is 0. The molecular formula is C13H33N3O3Si. The first kappa shape index (κ1) is 20.0. The van der Waals surface area contributed by atoms with Gasteiger partial charge in [-0.05, 0) is 40.2 Å². The maximum absolute atomic E-state index is 6.30. The lowest BCUT2D eigenvalue weighted by atomic mass is 10.2. The Kier molecular flexibility index (Phi) is 12.7. The number of hydrogen-bond acceptors (Lipinski definition) is 6. The van der Waals surface area contributed by atoms with Crippen LogP contribution < -0.4 is 16.8 Å². The first-order valence-electron chi connectivity index (χ1n) is 7.75. The molecule has 1 unspecified atom stereocenters. The molecule has 5 N–H and O–H groups in total. The summed E-state index contributed by atoms with van der Waals surface area (Å²) in [5.74, 6) is 0. The molecule has 0 spiro atoms. The Balaban J connectivity index is 4.20. The molecule has 0 heterocycles. The average Bonchev–Trinajstić information content (AvgIpc) is 2.43. The minimum Gasteiger partial charge on any atom is -0.373 e. The zero-order valence-corrected chi connectivity index (χ0v) is 14.3. The van der Waals surface area contributed by atoms with E-state index in [4.69, 9.17) is 24.7 Å². The number of rotatable bonds is 14. The predicted molar refractivity (Wildman–Crippen MR) is 84.4 cm³/mol. The molecule has 0 amide bonds. The van der Waals surface area contributed by atoms with Crippen LogP contribution in [0.25, 0.3) is 0 Å². The Bertz CT molecular complexity index is 206. The quantitative estimate of drug-likeness (QED) is 0.322. The first-order valence-corrected chi connectivity index (χ1v) is 9.55. The smallest absolute Gasteiger partial charge is 0.373 e. The van der Waals surface area contributed by atoms with Crippen LogP contribution >= 0.6 is 0 Å². The van der Waals surface area contributed by atoms with Crippen molar-refractivity contribution in [1.29, 1.82) is 0 Å². The molecule has 0 aromatic carbocycles. The highest BCUT2D eigenvalue weighted by Crippen LogP contribution is 2.17. The first-order chi connectivity index (χ1) is 9.66. The van der Waals surface area contributed by atoms with Crippen LogP contribution in [0.15, 0.2) is 0 Å². The molecule has 0 rings (SSSR count). The fourth-order valence-corrected chi connectivity index (χ4v) is 4.72. The van der Waals surface area contributed by atoms with E-state index in [9.17, 15) is 0 Å². The van der Waals surface area contributed by atoms with E-state index >= 15 is 0 Å². The Hall–Kier alpha value is -0.0231. The molecule has 0 fully saturated rings. The van der Waals surface area contributed by atoms with Crippen LogP contribution in [0, 0.1) is 0 Å². The molecule has 1 atom stereocenters. The van der Waals surface area contributed by atoms with E-state index in [1.807, 2.05) is 20.8 Å². The van der Waals surface area contributed by atoms with E-state index in [0.29, 0.717) is 26.4 Å². The highest BCUT2D eigenvalue weighted by molar-refractivity contribution is 6.62. The van der Waals surface area contributed by atoms with Gasteiger partial charge in [0.1, 0.15) is 0 Å². The summed E-state index contributed by atoms with van der Waals surface area (Å²) in [7, 11) is -2.74. The van der Waals surface area contributed by atoms with E-state index < -0.39 is 8.80 Å². The monoisotopic (exact) mass is 307 g/mol. The third-order valence-corrected chi connectivity index (χ3v) is 6.20. The van der Waals surface area contributed by atoms with E-state index in [0.717, 1.165) is 32.4 Å². The van der Waals surface area contributed by atoms with Crippen molar-refractivity contribution in [3.05, 3.63) is 0 Å². The summed E-state index contributed by atoms with van der Waals surface area (Å²) in [4.78, 5) is 0. The molecule has 0 saturated heterocycles. The summed E-state index contributed by atoms with van der Waals surface area (Å²) in [6.07, 6.45) is 2.96. The minimum absolute atomic E-state index is 0.156. The summed E-state index contributed by atoms with van der Waals surface area (Å²) < 4.78 is 17.4.